The lowest BCUT2D eigenvalue weighted by atomic mass is 10.0. The van der Waals surface area contributed by atoms with Crippen molar-refractivity contribution in [1.29, 1.82) is 0 Å². The summed E-state index contributed by atoms with van der Waals surface area (Å²) >= 11 is 0. The van der Waals surface area contributed by atoms with Crippen LogP contribution in [0.3, 0.4) is 0 Å². The molecule has 0 saturated carbocycles. The molecule has 0 aliphatic carbocycles. The van der Waals surface area contributed by atoms with E-state index in [0.29, 0.717) is 0 Å². The molecule has 2 aromatic heterocycles. The van der Waals surface area contributed by atoms with Crippen LogP contribution in [0.15, 0.2) is 12.7 Å². The van der Waals surface area contributed by atoms with Gasteiger partial charge in [0.2, 0.25) is 0 Å². The minimum Gasteiger partial charge on any atom is -0.387 e. The molecule has 1 saturated heterocycles. The second-order valence-electron chi connectivity index (χ2n) is 7.93. The van der Waals surface area contributed by atoms with E-state index in [1.807, 2.05) is 0 Å². The van der Waals surface area contributed by atoms with E-state index in [0.717, 1.165) is 0 Å². The highest BCUT2D eigenvalue weighted by molar-refractivity contribution is 7.85. The molecular formula is C18H28N6O9S. The second-order valence-corrected chi connectivity index (χ2v) is 9.28. The first-order valence-electron chi connectivity index (χ1n) is 10.2. The number of aromatic nitrogens is 4. The van der Waals surface area contributed by atoms with Gasteiger partial charge in [-0.25, -0.2) is 19.7 Å². The summed E-state index contributed by atoms with van der Waals surface area (Å²) in [6.07, 6.45) is -4.84. The number of anilines is 1. The summed E-state index contributed by atoms with van der Waals surface area (Å²) in [5, 5.41) is 20.8. The lowest BCUT2D eigenvalue weighted by Crippen LogP contribution is -2.48. The average molecular weight is 505 g/mol. The van der Waals surface area contributed by atoms with Gasteiger partial charge >= 0.3 is 10.3 Å². The van der Waals surface area contributed by atoms with Crippen LogP contribution in [0.1, 0.15) is 20.1 Å². The number of nitrogen functional groups attached to an aromatic ring is 1. The number of aliphatic hydroxyl groups excluding tert-OH is 2. The van der Waals surface area contributed by atoms with Crippen LogP contribution < -0.4 is 10.5 Å². The average Bonchev–Trinajstić information content (AvgIpc) is 3.32. The Morgan fingerprint density at radius 1 is 1.24 bits per heavy atom. The van der Waals surface area contributed by atoms with Crippen molar-refractivity contribution >= 4 is 33.2 Å². The number of nitrogens with two attached hydrogens (primary N) is 1. The Morgan fingerprint density at radius 2 is 1.94 bits per heavy atom. The quantitative estimate of drug-likeness (QED) is 0.279. The number of methoxy groups -OCH3 is 2. The molecule has 0 aromatic carbocycles. The van der Waals surface area contributed by atoms with Crippen molar-refractivity contribution in [2.24, 2.45) is 5.92 Å². The molecule has 0 unspecified atom stereocenters. The Hall–Kier alpha value is -2.47. The van der Waals surface area contributed by atoms with E-state index < -0.39 is 59.6 Å². The Bertz CT molecular complexity index is 1110. The zero-order valence-electron chi connectivity index (χ0n) is 18.9. The van der Waals surface area contributed by atoms with Gasteiger partial charge in [-0.1, -0.05) is 13.8 Å². The number of hydrogen-bond donors (Lipinski definition) is 4. The highest BCUT2D eigenvalue weighted by atomic mass is 32.2. The number of imidazole rings is 1. The van der Waals surface area contributed by atoms with Crippen LogP contribution in [0.25, 0.3) is 11.2 Å². The maximum Gasteiger partial charge on any atom is 0.362 e. The monoisotopic (exact) mass is 504 g/mol. The molecule has 2 aromatic rings. The largest absolute Gasteiger partial charge is 0.387 e. The Labute approximate surface area is 195 Å². The van der Waals surface area contributed by atoms with Gasteiger partial charge in [0.1, 0.15) is 30.2 Å². The van der Waals surface area contributed by atoms with E-state index in [2.05, 4.69) is 15.0 Å². The fraction of sp³-hybridized carbons (Fsp3) is 0.667. The minimum atomic E-state index is -4.61. The predicted molar refractivity (Wildman–Crippen MR) is 115 cm³/mol. The van der Waals surface area contributed by atoms with Crippen LogP contribution in [-0.4, -0.2) is 95.4 Å². The Kier molecular flexibility index (Phi) is 8.02. The number of fused-ring (bicyclic) bond motifs is 1. The molecule has 3 heterocycles. The summed E-state index contributed by atoms with van der Waals surface area (Å²) in [4.78, 5) is 24.4. The van der Waals surface area contributed by atoms with Crippen molar-refractivity contribution < 1.29 is 41.8 Å². The van der Waals surface area contributed by atoms with E-state index in [-0.39, 0.29) is 22.9 Å². The van der Waals surface area contributed by atoms with Crippen LogP contribution in [0, 0.1) is 5.92 Å². The molecule has 15 nitrogen and oxygen atoms in total. The fourth-order valence-corrected chi connectivity index (χ4v) is 4.39. The van der Waals surface area contributed by atoms with Gasteiger partial charge in [-0.2, -0.15) is 8.42 Å². The molecule has 0 spiro atoms. The first kappa shape index (κ1) is 26.1. The lowest BCUT2D eigenvalue weighted by molar-refractivity contribution is -0.140. The molecule has 16 heteroatoms. The number of amides is 1. The molecule has 1 amide bonds. The van der Waals surface area contributed by atoms with Crippen molar-refractivity contribution in [3.63, 3.8) is 0 Å². The van der Waals surface area contributed by atoms with E-state index in [9.17, 15) is 23.4 Å². The number of ether oxygens (including phenoxy) is 3. The molecule has 3 rings (SSSR count). The normalized spacial score (nSPS) is 25.0. The maximum absolute atomic E-state index is 12.4. The van der Waals surface area contributed by atoms with Crippen molar-refractivity contribution in [2.45, 2.75) is 50.6 Å². The summed E-state index contributed by atoms with van der Waals surface area (Å²) in [5.74, 6) is -1.03. The van der Waals surface area contributed by atoms with Crippen LogP contribution in [-0.2, 0) is 33.5 Å². The fourth-order valence-electron chi connectivity index (χ4n) is 3.66. The zero-order valence-corrected chi connectivity index (χ0v) is 19.7. The summed E-state index contributed by atoms with van der Waals surface area (Å²) in [6.45, 7) is 2.86. The molecule has 190 valence electrons. The van der Waals surface area contributed by atoms with Gasteiger partial charge in [0.05, 0.1) is 19.0 Å². The van der Waals surface area contributed by atoms with Gasteiger partial charge < -0.3 is 30.2 Å². The summed E-state index contributed by atoms with van der Waals surface area (Å²) < 4.78 is 48.5. The summed E-state index contributed by atoms with van der Waals surface area (Å²) in [6, 6.07) is 0. The van der Waals surface area contributed by atoms with Crippen molar-refractivity contribution in [3.8, 4) is 0 Å². The van der Waals surface area contributed by atoms with E-state index in [1.54, 1.807) is 18.6 Å². The molecule has 6 atom stereocenters. The molecule has 34 heavy (non-hydrogen) atoms. The maximum atomic E-state index is 12.4. The molecule has 5 N–H and O–H groups in total. The van der Waals surface area contributed by atoms with Crippen LogP contribution in [0.2, 0.25) is 0 Å². The second kappa shape index (κ2) is 10.4. The van der Waals surface area contributed by atoms with E-state index >= 15 is 0 Å². The smallest absolute Gasteiger partial charge is 0.362 e. The Morgan fingerprint density at radius 3 is 2.56 bits per heavy atom. The van der Waals surface area contributed by atoms with E-state index in [1.165, 1.54) is 31.4 Å². The number of nitrogens with one attached hydrogen (secondary N) is 1. The van der Waals surface area contributed by atoms with Crippen molar-refractivity contribution in [3.05, 3.63) is 12.7 Å². The van der Waals surface area contributed by atoms with Crippen LogP contribution in [0.4, 0.5) is 5.82 Å². The zero-order chi connectivity index (χ0) is 25.2. The van der Waals surface area contributed by atoms with Crippen LogP contribution >= 0.6 is 0 Å². The SMILES string of the molecule is CO[C@H](C(=O)NS(=O)(=O)OC[C@H]1O[C@@H](n2cnc3c(N)ncnc32)[C@H](O)[C@@H]1O)[C@H](OC)C(C)C. The summed E-state index contributed by atoms with van der Waals surface area (Å²) in [7, 11) is -1.99. The van der Waals surface area contributed by atoms with Crippen LogP contribution in [0.5, 0.6) is 0 Å². The molecule has 1 aliphatic rings. The van der Waals surface area contributed by atoms with Gasteiger partial charge in [-0.05, 0) is 5.92 Å². The first-order valence-corrected chi connectivity index (χ1v) is 11.6. The molecule has 0 bridgehead atoms. The highest BCUT2D eigenvalue weighted by Crippen LogP contribution is 2.32. The number of aliphatic hydroxyl groups is 2. The number of carbonyl (C=O) groups excluding carboxylic acids is 1. The third kappa shape index (κ3) is 5.27. The molecular weight excluding hydrogens is 476 g/mol. The first-order chi connectivity index (χ1) is 16.0. The lowest BCUT2D eigenvalue weighted by Gasteiger charge is -2.26. The predicted octanol–water partition coefficient (Wildman–Crippen LogP) is -1.91. The van der Waals surface area contributed by atoms with Gasteiger partial charge in [0.15, 0.2) is 23.8 Å². The van der Waals surface area contributed by atoms with Gasteiger partial charge in [0, 0.05) is 14.2 Å². The van der Waals surface area contributed by atoms with Crippen molar-refractivity contribution in [2.75, 3.05) is 26.6 Å². The highest BCUT2D eigenvalue weighted by Gasteiger charge is 2.45. The topological polar surface area (TPSA) is 210 Å². The summed E-state index contributed by atoms with van der Waals surface area (Å²) in [5.41, 5.74) is 6.26. The van der Waals surface area contributed by atoms with E-state index in [4.69, 9.17) is 24.1 Å². The number of carbonyl (C=O) groups is 1. The number of nitrogens with zero attached hydrogens (tertiary/aromatic N) is 4. The number of hydrogen-bond acceptors (Lipinski definition) is 13. The minimum absolute atomic E-state index is 0.112. The third-order valence-corrected chi connectivity index (χ3v) is 6.25. The third-order valence-electron chi connectivity index (χ3n) is 5.35. The van der Waals surface area contributed by atoms with Gasteiger partial charge in [-0.3, -0.25) is 13.5 Å². The van der Waals surface area contributed by atoms with Gasteiger partial charge in [0.25, 0.3) is 5.91 Å². The Balaban J connectivity index is 1.66. The molecule has 1 aliphatic heterocycles. The molecule has 1 fully saturated rings. The standard InChI is InChI=1S/C18H28N6O9S/c1-8(2)13(30-3)14(31-4)17(27)23-34(28,29)32-5-9-11(25)12(26)18(33-9)24-7-22-10-15(19)20-6-21-16(10)24/h6-9,11-14,18,25-26H,5H2,1-4H3,(H,23,27)(H2,19,20,21)/t9-,11-,12-,13-,14+,18-/m1/s1. The molecule has 0 radical (unpaired) electrons. The number of rotatable bonds is 10. The van der Waals surface area contributed by atoms with Crippen molar-refractivity contribution in [1.82, 2.24) is 24.2 Å². The van der Waals surface area contributed by atoms with Gasteiger partial charge in [-0.15, -0.1) is 0 Å².